The molecule has 0 unspecified atom stereocenters. The fourth-order valence-corrected chi connectivity index (χ4v) is 2.44. The van der Waals surface area contributed by atoms with Crippen LogP contribution in [-0.2, 0) is 4.74 Å². The molecule has 0 aliphatic carbocycles. The summed E-state index contributed by atoms with van der Waals surface area (Å²) in [5.41, 5.74) is 6.26. The number of anilines is 1. The lowest BCUT2D eigenvalue weighted by molar-refractivity contribution is 0.0598. The number of methoxy groups -OCH3 is 2. The van der Waals surface area contributed by atoms with Gasteiger partial charge < -0.3 is 15.2 Å². The number of rotatable bonds is 2. The molecule has 2 N–H and O–H groups in total. The highest BCUT2D eigenvalue weighted by Gasteiger charge is 2.21. The van der Waals surface area contributed by atoms with Crippen LogP contribution < -0.4 is 10.5 Å². The smallest absolute Gasteiger partial charge is 0.343 e. The zero-order chi connectivity index (χ0) is 11.6. The molecule has 0 radical (unpaired) electrons. The number of carbonyl (C=O) groups is 1. The third-order valence-corrected chi connectivity index (χ3v) is 3.06. The topological polar surface area (TPSA) is 61.5 Å². The lowest BCUT2D eigenvalue weighted by atomic mass is 10.1. The quantitative estimate of drug-likeness (QED) is 0.665. The summed E-state index contributed by atoms with van der Waals surface area (Å²) in [7, 11) is 2.75. The van der Waals surface area contributed by atoms with Crippen LogP contribution in [0.3, 0.4) is 0 Å². The molecule has 1 aromatic carbocycles. The Hall–Kier alpha value is -0.750. The molecule has 4 nitrogen and oxygen atoms in total. The molecule has 0 heterocycles. The van der Waals surface area contributed by atoms with Gasteiger partial charge in [0.2, 0.25) is 0 Å². The highest BCUT2D eigenvalue weighted by atomic mass is 79.9. The summed E-state index contributed by atoms with van der Waals surface area (Å²) in [6.45, 7) is 0. The highest BCUT2D eigenvalue weighted by Crippen LogP contribution is 2.38. The lowest BCUT2D eigenvalue weighted by Gasteiger charge is -2.12. The Labute approximate surface area is 104 Å². The van der Waals surface area contributed by atoms with Gasteiger partial charge in [-0.1, -0.05) is 0 Å². The molecule has 0 aliphatic rings. The first-order valence-corrected chi connectivity index (χ1v) is 5.51. The molecule has 0 spiro atoms. The number of ether oxygens (including phenoxy) is 2. The molecule has 1 rings (SSSR count). The van der Waals surface area contributed by atoms with Crippen molar-refractivity contribution < 1.29 is 14.3 Å². The van der Waals surface area contributed by atoms with E-state index >= 15 is 0 Å². The average molecular weight is 339 g/mol. The fraction of sp³-hybridized carbons (Fsp3) is 0.222. The highest BCUT2D eigenvalue weighted by molar-refractivity contribution is 9.11. The van der Waals surface area contributed by atoms with Crippen molar-refractivity contribution in [2.24, 2.45) is 0 Å². The van der Waals surface area contributed by atoms with Gasteiger partial charge in [-0.05, 0) is 37.9 Å². The van der Waals surface area contributed by atoms with Crippen LogP contribution in [0.5, 0.6) is 5.75 Å². The second-order valence-corrected chi connectivity index (χ2v) is 4.36. The number of hydrogen-bond acceptors (Lipinski definition) is 4. The number of esters is 1. The minimum absolute atomic E-state index is 0.209. The van der Waals surface area contributed by atoms with Crippen molar-refractivity contribution in [1.29, 1.82) is 0 Å². The van der Waals surface area contributed by atoms with E-state index in [1.807, 2.05) is 0 Å². The Kier molecular flexibility index (Phi) is 3.98. The third kappa shape index (κ3) is 2.26. The van der Waals surface area contributed by atoms with Crippen LogP contribution in [0.25, 0.3) is 0 Å². The van der Waals surface area contributed by atoms with E-state index in [0.717, 1.165) is 0 Å². The van der Waals surface area contributed by atoms with E-state index < -0.39 is 5.97 Å². The first-order chi connectivity index (χ1) is 7.02. The van der Waals surface area contributed by atoms with Gasteiger partial charge in [-0.3, -0.25) is 0 Å². The molecular weight excluding hydrogens is 330 g/mol. The minimum Gasteiger partial charge on any atom is -0.495 e. The molecule has 82 valence electrons. The number of hydrogen-bond donors (Lipinski definition) is 1. The van der Waals surface area contributed by atoms with E-state index in [1.54, 1.807) is 6.07 Å². The molecule has 0 saturated carbocycles. The van der Waals surface area contributed by atoms with Gasteiger partial charge in [-0.25, -0.2) is 4.79 Å². The molecule has 0 aromatic heterocycles. The largest absolute Gasteiger partial charge is 0.495 e. The third-order valence-electron chi connectivity index (χ3n) is 1.82. The molecule has 15 heavy (non-hydrogen) atoms. The van der Waals surface area contributed by atoms with Gasteiger partial charge in [-0.15, -0.1) is 0 Å². The van der Waals surface area contributed by atoms with E-state index in [0.29, 0.717) is 20.4 Å². The molecule has 6 heteroatoms. The maximum atomic E-state index is 11.5. The van der Waals surface area contributed by atoms with Gasteiger partial charge in [0.05, 0.1) is 24.4 Å². The van der Waals surface area contributed by atoms with E-state index in [2.05, 4.69) is 36.6 Å². The summed E-state index contributed by atoms with van der Waals surface area (Å²) in [6, 6.07) is 1.71. The molecule has 0 bridgehead atoms. The number of carbonyl (C=O) groups excluding carboxylic acids is 1. The lowest BCUT2D eigenvalue weighted by Crippen LogP contribution is -2.09. The maximum Gasteiger partial charge on any atom is 0.343 e. The zero-order valence-corrected chi connectivity index (χ0v) is 11.3. The van der Waals surface area contributed by atoms with Gasteiger partial charge in [0.25, 0.3) is 0 Å². The Balaban J connectivity index is 3.50. The average Bonchev–Trinajstić information content (AvgIpc) is 2.21. The minimum atomic E-state index is -0.536. The summed E-state index contributed by atoms with van der Waals surface area (Å²) in [6.07, 6.45) is 0. The zero-order valence-electron chi connectivity index (χ0n) is 8.14. The Bertz CT molecular complexity index is 407. The fourth-order valence-electron chi connectivity index (χ4n) is 1.12. The summed E-state index contributed by atoms with van der Waals surface area (Å²) in [4.78, 5) is 11.5. The molecular formula is C9H9Br2NO3. The molecule has 0 atom stereocenters. The molecule has 0 amide bonds. The van der Waals surface area contributed by atoms with Gasteiger partial charge in [0.1, 0.15) is 11.3 Å². The van der Waals surface area contributed by atoms with Crippen LogP contribution in [-0.4, -0.2) is 20.2 Å². The summed E-state index contributed by atoms with van der Waals surface area (Å²) < 4.78 is 11.0. The number of benzene rings is 1. The maximum absolute atomic E-state index is 11.5. The van der Waals surface area contributed by atoms with E-state index in [-0.39, 0.29) is 5.56 Å². The second-order valence-electron chi connectivity index (χ2n) is 2.65. The van der Waals surface area contributed by atoms with Crippen molar-refractivity contribution in [3.8, 4) is 5.75 Å². The molecule has 1 aromatic rings. The SMILES string of the molecule is COC(=O)c1c(N)c(Br)cc(Br)c1OC. The van der Waals surface area contributed by atoms with E-state index in [1.165, 1.54) is 14.2 Å². The predicted octanol–water partition coefficient (Wildman–Crippen LogP) is 2.59. The van der Waals surface area contributed by atoms with Crippen LogP contribution in [0.2, 0.25) is 0 Å². The molecule has 0 aliphatic heterocycles. The normalized spacial score (nSPS) is 9.87. The standard InChI is InChI=1S/C9H9Br2NO3/c1-14-8-5(11)3-4(10)7(12)6(8)9(13)15-2/h3H,12H2,1-2H3. The predicted molar refractivity (Wildman–Crippen MR) is 64.1 cm³/mol. The van der Waals surface area contributed by atoms with Crippen molar-refractivity contribution in [3.05, 3.63) is 20.6 Å². The van der Waals surface area contributed by atoms with Gasteiger partial charge in [0.15, 0.2) is 0 Å². The second kappa shape index (κ2) is 4.85. The monoisotopic (exact) mass is 337 g/mol. The summed E-state index contributed by atoms with van der Waals surface area (Å²) >= 11 is 6.51. The van der Waals surface area contributed by atoms with Crippen molar-refractivity contribution in [2.45, 2.75) is 0 Å². The number of nitrogens with two attached hydrogens (primary N) is 1. The van der Waals surface area contributed by atoms with Crippen LogP contribution in [0, 0.1) is 0 Å². The Morgan fingerprint density at radius 1 is 1.33 bits per heavy atom. The van der Waals surface area contributed by atoms with Crippen molar-refractivity contribution in [3.63, 3.8) is 0 Å². The van der Waals surface area contributed by atoms with Crippen molar-refractivity contribution in [2.75, 3.05) is 20.0 Å². The summed E-state index contributed by atoms with van der Waals surface area (Å²) in [5.74, 6) is -0.172. The first-order valence-electron chi connectivity index (χ1n) is 3.92. The van der Waals surface area contributed by atoms with Crippen LogP contribution in [0.4, 0.5) is 5.69 Å². The first kappa shape index (κ1) is 12.3. The van der Waals surface area contributed by atoms with Crippen LogP contribution in [0.1, 0.15) is 10.4 Å². The van der Waals surface area contributed by atoms with Crippen LogP contribution in [0.15, 0.2) is 15.0 Å². The number of halogens is 2. The Morgan fingerprint density at radius 3 is 2.40 bits per heavy atom. The summed E-state index contributed by atoms with van der Waals surface area (Å²) in [5, 5.41) is 0. The van der Waals surface area contributed by atoms with E-state index in [9.17, 15) is 4.79 Å². The Morgan fingerprint density at radius 2 is 1.93 bits per heavy atom. The number of nitrogen functional groups attached to an aromatic ring is 1. The van der Waals surface area contributed by atoms with E-state index in [4.69, 9.17) is 10.5 Å². The van der Waals surface area contributed by atoms with Crippen LogP contribution >= 0.6 is 31.9 Å². The molecule has 0 saturated heterocycles. The molecule has 0 fully saturated rings. The van der Waals surface area contributed by atoms with Crippen molar-refractivity contribution in [1.82, 2.24) is 0 Å². The van der Waals surface area contributed by atoms with Gasteiger partial charge in [0, 0.05) is 4.47 Å². The van der Waals surface area contributed by atoms with Gasteiger partial charge >= 0.3 is 5.97 Å². The van der Waals surface area contributed by atoms with Crippen molar-refractivity contribution >= 4 is 43.5 Å². The van der Waals surface area contributed by atoms with Gasteiger partial charge in [-0.2, -0.15) is 0 Å².